The highest BCUT2D eigenvalue weighted by atomic mass is 16.5. The van der Waals surface area contributed by atoms with Crippen molar-refractivity contribution in [3.8, 4) is 5.75 Å². The van der Waals surface area contributed by atoms with Crippen LogP contribution in [0.5, 0.6) is 5.75 Å². The molecule has 1 aliphatic rings. The van der Waals surface area contributed by atoms with Crippen LogP contribution in [0, 0.1) is 0 Å². The lowest BCUT2D eigenvalue weighted by Crippen LogP contribution is -2.40. The molecule has 2 heterocycles. The average Bonchev–Trinajstić information content (AvgIpc) is 2.96. The minimum atomic E-state index is -0.0316. The van der Waals surface area contributed by atoms with E-state index in [0.717, 1.165) is 17.7 Å². The van der Waals surface area contributed by atoms with Crippen LogP contribution in [0.3, 0.4) is 0 Å². The van der Waals surface area contributed by atoms with Gasteiger partial charge in [0.15, 0.2) is 6.61 Å². The monoisotopic (exact) mass is 313 g/mol. The van der Waals surface area contributed by atoms with Gasteiger partial charge in [0.1, 0.15) is 5.75 Å². The topological polar surface area (TPSA) is 47.4 Å². The molecule has 0 fully saturated rings. The van der Waals surface area contributed by atoms with E-state index in [0.29, 0.717) is 13.1 Å². The molecular formula is C18H23N3O2. The number of rotatable bonds is 3. The summed E-state index contributed by atoms with van der Waals surface area (Å²) in [7, 11) is 0. The van der Waals surface area contributed by atoms with Crippen molar-refractivity contribution in [1.82, 2.24) is 14.7 Å². The third-order valence-corrected chi connectivity index (χ3v) is 4.03. The van der Waals surface area contributed by atoms with E-state index in [4.69, 9.17) is 4.74 Å². The van der Waals surface area contributed by atoms with Crippen LogP contribution in [0.15, 0.2) is 36.5 Å². The van der Waals surface area contributed by atoms with Crippen molar-refractivity contribution in [1.29, 1.82) is 0 Å². The highest BCUT2D eigenvalue weighted by Gasteiger charge is 2.27. The van der Waals surface area contributed by atoms with Crippen LogP contribution in [-0.4, -0.2) is 33.7 Å². The molecule has 122 valence electrons. The zero-order valence-corrected chi connectivity index (χ0v) is 14.0. The van der Waals surface area contributed by atoms with Crippen LogP contribution in [-0.2, 0) is 23.3 Å². The van der Waals surface area contributed by atoms with Gasteiger partial charge in [0, 0.05) is 30.8 Å². The summed E-state index contributed by atoms with van der Waals surface area (Å²) in [5.41, 5.74) is 2.35. The number of para-hydroxylation sites is 1. The van der Waals surface area contributed by atoms with E-state index in [1.54, 1.807) is 0 Å². The Morgan fingerprint density at radius 1 is 1.26 bits per heavy atom. The number of amides is 1. The summed E-state index contributed by atoms with van der Waals surface area (Å²) in [5, 5.41) is 4.50. The van der Waals surface area contributed by atoms with Crippen LogP contribution < -0.4 is 4.74 Å². The average molecular weight is 313 g/mol. The van der Waals surface area contributed by atoms with E-state index < -0.39 is 0 Å². The predicted octanol–water partition coefficient (Wildman–Crippen LogP) is 2.60. The second kappa shape index (κ2) is 6.07. The minimum absolute atomic E-state index is 0.0167. The SMILES string of the molecule is CC(C)(C)n1ncc2c1CCN(C(=O)COc1ccccc1)C2. The number of benzene rings is 1. The van der Waals surface area contributed by atoms with Gasteiger partial charge in [-0.1, -0.05) is 18.2 Å². The Balaban J connectivity index is 1.63. The maximum absolute atomic E-state index is 12.4. The zero-order valence-electron chi connectivity index (χ0n) is 14.0. The van der Waals surface area contributed by atoms with Crippen molar-refractivity contribution >= 4 is 5.91 Å². The first kappa shape index (κ1) is 15.6. The smallest absolute Gasteiger partial charge is 0.260 e. The lowest BCUT2D eigenvalue weighted by atomic mass is 10.0. The van der Waals surface area contributed by atoms with Crippen molar-refractivity contribution in [3.05, 3.63) is 47.8 Å². The third-order valence-electron chi connectivity index (χ3n) is 4.03. The predicted molar refractivity (Wildman–Crippen MR) is 88.3 cm³/mol. The molecule has 0 radical (unpaired) electrons. The Morgan fingerprint density at radius 2 is 2.00 bits per heavy atom. The first-order chi connectivity index (χ1) is 10.9. The Bertz CT molecular complexity index is 686. The summed E-state index contributed by atoms with van der Waals surface area (Å²) in [6.07, 6.45) is 2.72. The Labute approximate surface area is 136 Å². The van der Waals surface area contributed by atoms with Gasteiger partial charge in [0.25, 0.3) is 5.91 Å². The molecule has 0 spiro atoms. The number of aromatic nitrogens is 2. The number of hydrogen-bond acceptors (Lipinski definition) is 3. The minimum Gasteiger partial charge on any atom is -0.484 e. The molecule has 1 aromatic heterocycles. The molecule has 2 aromatic rings. The van der Waals surface area contributed by atoms with E-state index >= 15 is 0 Å². The number of fused-ring (bicyclic) bond motifs is 1. The number of carbonyl (C=O) groups is 1. The lowest BCUT2D eigenvalue weighted by molar-refractivity contribution is -0.134. The van der Waals surface area contributed by atoms with Crippen molar-refractivity contribution in [2.45, 2.75) is 39.3 Å². The summed E-state index contributed by atoms with van der Waals surface area (Å²) in [5.74, 6) is 0.738. The van der Waals surface area contributed by atoms with E-state index in [9.17, 15) is 4.79 Å². The highest BCUT2D eigenvalue weighted by Crippen LogP contribution is 2.24. The van der Waals surface area contributed by atoms with E-state index in [1.165, 1.54) is 5.69 Å². The fraction of sp³-hybridized carbons (Fsp3) is 0.444. The third kappa shape index (κ3) is 3.38. The summed E-state index contributed by atoms with van der Waals surface area (Å²) >= 11 is 0. The van der Waals surface area contributed by atoms with Gasteiger partial charge >= 0.3 is 0 Å². The molecule has 0 saturated carbocycles. The van der Waals surface area contributed by atoms with Crippen LogP contribution in [0.2, 0.25) is 0 Å². The second-order valence-corrected chi connectivity index (χ2v) is 6.87. The Morgan fingerprint density at radius 3 is 2.70 bits per heavy atom. The van der Waals surface area contributed by atoms with Gasteiger partial charge in [-0.15, -0.1) is 0 Å². The van der Waals surface area contributed by atoms with Gasteiger partial charge in [-0.05, 0) is 32.9 Å². The summed E-state index contributed by atoms with van der Waals surface area (Å²) < 4.78 is 7.63. The molecular weight excluding hydrogens is 290 g/mol. The van der Waals surface area contributed by atoms with Crippen molar-refractivity contribution in [2.75, 3.05) is 13.2 Å². The van der Waals surface area contributed by atoms with Crippen LogP contribution in [0.25, 0.3) is 0 Å². The normalized spacial score (nSPS) is 14.5. The molecule has 1 aromatic carbocycles. The Kier molecular flexibility index (Phi) is 4.11. The van der Waals surface area contributed by atoms with Gasteiger partial charge in [-0.25, -0.2) is 0 Å². The molecule has 0 unspecified atom stereocenters. The van der Waals surface area contributed by atoms with E-state index in [1.807, 2.05) is 41.4 Å². The van der Waals surface area contributed by atoms with Crippen LogP contribution in [0.1, 0.15) is 32.0 Å². The molecule has 23 heavy (non-hydrogen) atoms. The first-order valence-electron chi connectivity index (χ1n) is 7.97. The molecule has 0 saturated heterocycles. The van der Waals surface area contributed by atoms with Crippen molar-refractivity contribution < 1.29 is 9.53 Å². The van der Waals surface area contributed by atoms with Crippen molar-refractivity contribution in [3.63, 3.8) is 0 Å². The molecule has 1 amide bonds. The molecule has 5 heteroatoms. The van der Waals surface area contributed by atoms with Crippen LogP contribution in [0.4, 0.5) is 0 Å². The second-order valence-electron chi connectivity index (χ2n) is 6.87. The molecule has 1 aliphatic heterocycles. The molecule has 3 rings (SSSR count). The number of ether oxygens (including phenoxy) is 1. The molecule has 0 N–H and O–H groups in total. The highest BCUT2D eigenvalue weighted by molar-refractivity contribution is 5.78. The van der Waals surface area contributed by atoms with Gasteiger partial charge in [-0.2, -0.15) is 5.10 Å². The quantitative estimate of drug-likeness (QED) is 0.875. The summed E-state index contributed by atoms with van der Waals surface area (Å²) in [4.78, 5) is 14.2. The largest absolute Gasteiger partial charge is 0.484 e. The number of nitrogens with zero attached hydrogens (tertiary/aromatic N) is 3. The summed E-state index contributed by atoms with van der Waals surface area (Å²) in [6, 6.07) is 9.43. The standard InChI is InChI=1S/C18H23N3O2/c1-18(2,3)21-16-9-10-20(12-14(16)11-19-21)17(22)13-23-15-7-5-4-6-8-15/h4-8,11H,9-10,12-13H2,1-3H3. The van der Waals surface area contributed by atoms with Gasteiger partial charge < -0.3 is 9.64 Å². The first-order valence-corrected chi connectivity index (χ1v) is 7.97. The molecule has 0 atom stereocenters. The Hall–Kier alpha value is -2.30. The van der Waals surface area contributed by atoms with Crippen molar-refractivity contribution in [2.24, 2.45) is 0 Å². The summed E-state index contributed by atoms with van der Waals surface area (Å²) in [6.45, 7) is 7.84. The van der Waals surface area contributed by atoms with Gasteiger partial charge in [-0.3, -0.25) is 9.48 Å². The van der Waals surface area contributed by atoms with Gasteiger partial charge in [0.05, 0.1) is 11.7 Å². The van der Waals surface area contributed by atoms with Gasteiger partial charge in [0.2, 0.25) is 0 Å². The maximum Gasteiger partial charge on any atom is 0.260 e. The fourth-order valence-electron chi connectivity index (χ4n) is 2.88. The number of hydrogen-bond donors (Lipinski definition) is 0. The maximum atomic E-state index is 12.4. The number of carbonyl (C=O) groups excluding carboxylic acids is 1. The van der Waals surface area contributed by atoms with Crippen LogP contribution >= 0.6 is 0 Å². The van der Waals surface area contributed by atoms with E-state index in [2.05, 4.69) is 30.6 Å². The molecule has 0 aliphatic carbocycles. The zero-order chi connectivity index (χ0) is 16.4. The van der Waals surface area contributed by atoms with E-state index in [-0.39, 0.29) is 18.1 Å². The molecule has 0 bridgehead atoms. The molecule has 5 nitrogen and oxygen atoms in total. The lowest BCUT2D eigenvalue weighted by Gasteiger charge is -2.30. The fourth-order valence-corrected chi connectivity index (χ4v) is 2.88.